The van der Waals surface area contributed by atoms with Crippen molar-refractivity contribution in [2.75, 3.05) is 38.1 Å². The average molecular weight is 240 g/mol. The van der Waals surface area contributed by atoms with Crippen LogP contribution in [0.25, 0.3) is 0 Å². The van der Waals surface area contributed by atoms with Gasteiger partial charge in [0.25, 0.3) is 5.92 Å². The lowest BCUT2D eigenvalue weighted by molar-refractivity contribution is 0.0175. The van der Waals surface area contributed by atoms with E-state index in [2.05, 4.69) is 16.8 Å². The van der Waals surface area contributed by atoms with Crippen LogP contribution < -0.4 is 4.90 Å². The summed E-state index contributed by atoms with van der Waals surface area (Å²) in [6, 6.07) is 6.62. The first-order valence-electron chi connectivity index (χ1n) is 5.89. The van der Waals surface area contributed by atoms with Crippen molar-refractivity contribution in [2.24, 2.45) is 0 Å². The van der Waals surface area contributed by atoms with Crippen molar-refractivity contribution in [3.05, 3.63) is 29.8 Å². The average Bonchev–Trinajstić information content (AvgIpc) is 2.29. The molecule has 0 bridgehead atoms. The molecule has 0 amide bonds. The molecule has 1 saturated heterocycles. The van der Waals surface area contributed by atoms with Crippen LogP contribution >= 0.6 is 0 Å². The normalized spacial score (nSPS) is 18.5. The van der Waals surface area contributed by atoms with Gasteiger partial charge in [-0.25, -0.2) is 8.78 Å². The second kappa shape index (κ2) is 4.61. The Bertz CT molecular complexity index is 362. The third kappa shape index (κ3) is 2.94. The monoisotopic (exact) mass is 240 g/mol. The Hall–Kier alpha value is -1.16. The van der Waals surface area contributed by atoms with E-state index in [9.17, 15) is 8.78 Å². The predicted octanol–water partition coefficient (Wildman–Crippen LogP) is 2.55. The summed E-state index contributed by atoms with van der Waals surface area (Å²) in [4.78, 5) is 4.50. The van der Waals surface area contributed by atoms with E-state index in [1.807, 2.05) is 0 Å². The molecule has 1 aromatic rings. The SMILES string of the molecule is CN1CCN(c2ccc(C(C)(F)F)cc2)CC1. The van der Waals surface area contributed by atoms with Gasteiger partial charge in [-0.05, 0) is 19.2 Å². The molecule has 0 aliphatic carbocycles. The van der Waals surface area contributed by atoms with Crippen molar-refractivity contribution in [2.45, 2.75) is 12.8 Å². The summed E-state index contributed by atoms with van der Waals surface area (Å²) >= 11 is 0. The molecule has 1 aliphatic rings. The highest BCUT2D eigenvalue weighted by Gasteiger charge is 2.24. The van der Waals surface area contributed by atoms with Crippen molar-refractivity contribution in [1.29, 1.82) is 0 Å². The van der Waals surface area contributed by atoms with E-state index in [0.29, 0.717) is 0 Å². The van der Waals surface area contributed by atoms with Gasteiger partial charge in [0.2, 0.25) is 0 Å². The van der Waals surface area contributed by atoms with E-state index in [0.717, 1.165) is 38.8 Å². The van der Waals surface area contributed by atoms with Gasteiger partial charge in [0.15, 0.2) is 0 Å². The zero-order valence-corrected chi connectivity index (χ0v) is 10.3. The standard InChI is InChI=1S/C13H18F2N2/c1-13(14,15)11-3-5-12(6-4-11)17-9-7-16(2)8-10-17/h3-6H,7-10H2,1-2H3. The molecule has 4 heteroatoms. The number of rotatable bonds is 2. The second-order valence-corrected chi connectivity index (χ2v) is 4.73. The first-order chi connectivity index (χ1) is 7.97. The Morgan fingerprint density at radius 1 is 1.00 bits per heavy atom. The van der Waals surface area contributed by atoms with Crippen LogP contribution in [0.4, 0.5) is 14.5 Å². The van der Waals surface area contributed by atoms with Crippen molar-refractivity contribution < 1.29 is 8.78 Å². The number of hydrogen-bond acceptors (Lipinski definition) is 2. The van der Waals surface area contributed by atoms with Crippen molar-refractivity contribution in [3.8, 4) is 0 Å². The highest BCUT2D eigenvalue weighted by molar-refractivity contribution is 5.48. The summed E-state index contributed by atoms with van der Waals surface area (Å²) in [5.41, 5.74) is 1.11. The number of benzene rings is 1. The molecule has 0 unspecified atom stereocenters. The van der Waals surface area contributed by atoms with Crippen LogP contribution in [-0.4, -0.2) is 38.1 Å². The fraction of sp³-hybridized carbons (Fsp3) is 0.538. The lowest BCUT2D eigenvalue weighted by Gasteiger charge is -2.34. The van der Waals surface area contributed by atoms with Crippen LogP contribution in [0.5, 0.6) is 0 Å². The minimum Gasteiger partial charge on any atom is -0.369 e. The molecule has 0 saturated carbocycles. The van der Waals surface area contributed by atoms with Gasteiger partial charge in [0, 0.05) is 44.4 Å². The van der Waals surface area contributed by atoms with Gasteiger partial charge in [0.05, 0.1) is 0 Å². The highest BCUT2D eigenvalue weighted by Crippen LogP contribution is 2.28. The summed E-state index contributed by atoms with van der Waals surface area (Å²) in [6.07, 6.45) is 0. The number of piperazine rings is 1. The van der Waals surface area contributed by atoms with E-state index >= 15 is 0 Å². The number of likely N-dealkylation sites (N-methyl/N-ethyl adjacent to an activating group) is 1. The molecule has 17 heavy (non-hydrogen) atoms. The zero-order chi connectivity index (χ0) is 12.5. The topological polar surface area (TPSA) is 6.48 Å². The van der Waals surface area contributed by atoms with Crippen LogP contribution in [0.15, 0.2) is 24.3 Å². The molecule has 0 N–H and O–H groups in total. The zero-order valence-electron chi connectivity index (χ0n) is 10.3. The van der Waals surface area contributed by atoms with Crippen LogP contribution in [0, 0.1) is 0 Å². The van der Waals surface area contributed by atoms with E-state index in [1.54, 1.807) is 12.1 Å². The van der Waals surface area contributed by atoms with Crippen LogP contribution in [0.2, 0.25) is 0 Å². The van der Waals surface area contributed by atoms with Crippen molar-refractivity contribution in [3.63, 3.8) is 0 Å². The molecule has 0 atom stereocenters. The molecule has 1 heterocycles. The Morgan fingerprint density at radius 2 is 1.53 bits per heavy atom. The first kappa shape index (κ1) is 12.3. The fourth-order valence-corrected chi connectivity index (χ4v) is 2.03. The first-order valence-corrected chi connectivity index (χ1v) is 5.89. The van der Waals surface area contributed by atoms with E-state index in [4.69, 9.17) is 0 Å². The van der Waals surface area contributed by atoms with Crippen molar-refractivity contribution in [1.82, 2.24) is 4.90 Å². The summed E-state index contributed by atoms with van der Waals surface area (Å²) < 4.78 is 26.1. The quantitative estimate of drug-likeness (QED) is 0.784. The van der Waals surface area contributed by atoms with Crippen LogP contribution in [-0.2, 0) is 5.92 Å². The molecule has 2 rings (SSSR count). The number of halogens is 2. The molecule has 2 nitrogen and oxygen atoms in total. The van der Waals surface area contributed by atoms with E-state index < -0.39 is 5.92 Å². The molecule has 0 aromatic heterocycles. The molecule has 1 aliphatic heterocycles. The molecule has 0 radical (unpaired) electrons. The maximum Gasteiger partial charge on any atom is 0.270 e. The van der Waals surface area contributed by atoms with Crippen LogP contribution in [0.1, 0.15) is 12.5 Å². The molecular weight excluding hydrogens is 222 g/mol. The minimum atomic E-state index is -2.75. The summed E-state index contributed by atoms with van der Waals surface area (Å²) in [6.45, 7) is 4.88. The minimum absolute atomic E-state index is 0.0791. The molecular formula is C13H18F2N2. The second-order valence-electron chi connectivity index (χ2n) is 4.73. The summed E-state index contributed by atoms with van der Waals surface area (Å²) in [5, 5.41) is 0. The fourth-order valence-electron chi connectivity index (χ4n) is 2.03. The van der Waals surface area contributed by atoms with Gasteiger partial charge in [-0.15, -0.1) is 0 Å². The number of nitrogens with zero attached hydrogens (tertiary/aromatic N) is 2. The largest absolute Gasteiger partial charge is 0.369 e. The van der Waals surface area contributed by atoms with E-state index in [1.165, 1.54) is 12.1 Å². The van der Waals surface area contributed by atoms with Gasteiger partial charge in [-0.1, -0.05) is 12.1 Å². The Labute approximate surface area is 101 Å². The van der Waals surface area contributed by atoms with Gasteiger partial charge in [-0.2, -0.15) is 0 Å². The smallest absolute Gasteiger partial charge is 0.270 e. The Morgan fingerprint density at radius 3 is 2.00 bits per heavy atom. The lowest BCUT2D eigenvalue weighted by Crippen LogP contribution is -2.44. The van der Waals surface area contributed by atoms with E-state index in [-0.39, 0.29) is 5.56 Å². The summed E-state index contributed by atoms with van der Waals surface area (Å²) in [7, 11) is 2.10. The van der Waals surface area contributed by atoms with Gasteiger partial charge in [0.1, 0.15) is 0 Å². The maximum atomic E-state index is 13.1. The number of alkyl halides is 2. The van der Waals surface area contributed by atoms with Gasteiger partial charge < -0.3 is 9.80 Å². The number of anilines is 1. The third-order valence-electron chi connectivity index (χ3n) is 3.24. The van der Waals surface area contributed by atoms with Gasteiger partial charge in [-0.3, -0.25) is 0 Å². The Balaban J connectivity index is 2.08. The third-order valence-corrected chi connectivity index (χ3v) is 3.24. The predicted molar refractivity (Wildman–Crippen MR) is 65.7 cm³/mol. The summed E-state index contributed by atoms with van der Waals surface area (Å²) in [5.74, 6) is -2.75. The number of hydrogen-bond donors (Lipinski definition) is 0. The molecule has 1 aromatic carbocycles. The highest BCUT2D eigenvalue weighted by atomic mass is 19.3. The Kier molecular flexibility index (Phi) is 3.33. The maximum absolute atomic E-state index is 13.1. The van der Waals surface area contributed by atoms with Crippen molar-refractivity contribution >= 4 is 5.69 Å². The van der Waals surface area contributed by atoms with Gasteiger partial charge >= 0.3 is 0 Å². The van der Waals surface area contributed by atoms with Crippen LogP contribution in [0.3, 0.4) is 0 Å². The molecule has 1 fully saturated rings. The lowest BCUT2D eigenvalue weighted by atomic mass is 10.1. The molecule has 94 valence electrons. The molecule has 0 spiro atoms.